The molecule has 0 spiro atoms. The van der Waals surface area contributed by atoms with Crippen molar-refractivity contribution in [3.8, 4) is 16.8 Å². The minimum absolute atomic E-state index is 0.00631. The lowest BCUT2D eigenvalue weighted by molar-refractivity contribution is 0.484. The van der Waals surface area contributed by atoms with E-state index >= 15 is 0 Å². The Bertz CT molecular complexity index is 2630. The standard InChI is InChI=1S/C52H46N2/c1-34-15-14-18-39(31-34)53(51-35(2)25-30-49-50(51)44-22-11-13-24-48(44)54(49)38-16-6-5-7-17-38)33-37-26-28-41(42-20-9-8-19-40(37)42)36-27-29-47-45(32-36)43-21-10-12-23-46(43)52(47,3)4/h5-25,27-32,35,37,51H,26,33H2,1-4H3. The summed E-state index contributed by atoms with van der Waals surface area (Å²) in [4.78, 5) is 2.75. The van der Waals surface area contributed by atoms with Crippen molar-refractivity contribution in [3.05, 3.63) is 202 Å². The van der Waals surface area contributed by atoms with Crippen molar-refractivity contribution < 1.29 is 0 Å². The molecule has 264 valence electrons. The zero-order valence-electron chi connectivity index (χ0n) is 31.6. The van der Waals surface area contributed by atoms with Crippen LogP contribution in [0.5, 0.6) is 0 Å². The molecular weight excluding hydrogens is 653 g/mol. The van der Waals surface area contributed by atoms with Crippen LogP contribution in [0.4, 0.5) is 5.69 Å². The van der Waals surface area contributed by atoms with Gasteiger partial charge in [0.2, 0.25) is 0 Å². The number of nitrogens with zero attached hydrogens (tertiary/aromatic N) is 2. The van der Waals surface area contributed by atoms with E-state index in [0.29, 0.717) is 11.8 Å². The van der Waals surface area contributed by atoms with E-state index in [2.05, 4.69) is 201 Å². The largest absolute Gasteiger partial charge is 0.363 e. The van der Waals surface area contributed by atoms with E-state index in [9.17, 15) is 0 Å². The molecule has 0 radical (unpaired) electrons. The molecule has 3 atom stereocenters. The van der Waals surface area contributed by atoms with Gasteiger partial charge in [-0.3, -0.25) is 0 Å². The highest BCUT2D eigenvalue weighted by Crippen LogP contribution is 2.51. The van der Waals surface area contributed by atoms with Crippen molar-refractivity contribution in [1.82, 2.24) is 4.57 Å². The number of hydrogen-bond acceptors (Lipinski definition) is 1. The van der Waals surface area contributed by atoms with Crippen molar-refractivity contribution in [1.29, 1.82) is 0 Å². The van der Waals surface area contributed by atoms with Crippen molar-refractivity contribution in [2.45, 2.75) is 51.5 Å². The number of rotatable bonds is 6. The molecule has 2 nitrogen and oxygen atoms in total. The zero-order valence-corrected chi connectivity index (χ0v) is 31.6. The van der Waals surface area contributed by atoms with Gasteiger partial charge in [0.05, 0.1) is 17.3 Å². The lowest BCUT2D eigenvalue weighted by Crippen LogP contribution is -2.37. The van der Waals surface area contributed by atoms with E-state index in [-0.39, 0.29) is 11.5 Å². The predicted molar refractivity (Wildman–Crippen MR) is 228 cm³/mol. The lowest BCUT2D eigenvalue weighted by atomic mass is 9.78. The van der Waals surface area contributed by atoms with Crippen LogP contribution in [0.2, 0.25) is 0 Å². The number of anilines is 1. The Morgan fingerprint density at radius 3 is 2.30 bits per heavy atom. The van der Waals surface area contributed by atoms with Gasteiger partial charge < -0.3 is 9.47 Å². The molecule has 2 heteroatoms. The van der Waals surface area contributed by atoms with E-state index in [1.807, 2.05) is 0 Å². The molecule has 54 heavy (non-hydrogen) atoms. The summed E-state index contributed by atoms with van der Waals surface area (Å²) in [5.74, 6) is 0.653. The van der Waals surface area contributed by atoms with E-state index < -0.39 is 0 Å². The molecule has 0 aliphatic heterocycles. The third kappa shape index (κ3) is 5.07. The van der Waals surface area contributed by atoms with Crippen LogP contribution >= 0.6 is 0 Å². The van der Waals surface area contributed by atoms with Crippen LogP contribution in [0, 0.1) is 12.8 Å². The van der Waals surface area contributed by atoms with Gasteiger partial charge in [-0.1, -0.05) is 142 Å². The number of allylic oxidation sites excluding steroid dienone is 1. The van der Waals surface area contributed by atoms with E-state index in [1.165, 1.54) is 83.6 Å². The van der Waals surface area contributed by atoms with E-state index in [1.54, 1.807) is 0 Å². The molecule has 3 aliphatic rings. The SMILES string of the molecule is Cc1cccc(N(CC2CC=C(c3ccc4c(c3)-c3ccccc3C4(C)C)c3ccccc32)C2c3c(n(-c4ccccc4)c4ccccc34)C=CC2C)c1. The molecule has 0 saturated carbocycles. The highest BCUT2D eigenvalue weighted by atomic mass is 15.2. The molecule has 0 fully saturated rings. The summed E-state index contributed by atoms with van der Waals surface area (Å²) < 4.78 is 2.47. The number of aryl methyl sites for hydroxylation is 1. The van der Waals surface area contributed by atoms with Crippen LogP contribution < -0.4 is 4.90 Å². The van der Waals surface area contributed by atoms with Gasteiger partial charge in [0.15, 0.2) is 0 Å². The first kappa shape index (κ1) is 32.8. The fraction of sp³-hybridized carbons (Fsp3) is 0.192. The first-order valence-corrected chi connectivity index (χ1v) is 19.6. The van der Waals surface area contributed by atoms with Gasteiger partial charge in [-0.15, -0.1) is 0 Å². The summed E-state index contributed by atoms with van der Waals surface area (Å²) in [6.07, 6.45) is 8.34. The summed E-state index contributed by atoms with van der Waals surface area (Å²) in [5.41, 5.74) is 18.8. The van der Waals surface area contributed by atoms with Crippen LogP contribution in [0.15, 0.2) is 158 Å². The summed E-state index contributed by atoms with van der Waals surface area (Å²) in [5, 5.41) is 1.34. The van der Waals surface area contributed by atoms with Gasteiger partial charge >= 0.3 is 0 Å². The Morgan fingerprint density at radius 1 is 0.704 bits per heavy atom. The third-order valence-electron chi connectivity index (χ3n) is 12.6. The average molecular weight is 699 g/mol. The molecule has 1 aromatic heterocycles. The van der Waals surface area contributed by atoms with Crippen molar-refractivity contribution in [2.24, 2.45) is 5.92 Å². The van der Waals surface area contributed by atoms with Crippen LogP contribution in [-0.2, 0) is 5.41 Å². The number of benzene rings is 6. The second-order valence-electron chi connectivity index (χ2n) is 16.2. The molecule has 6 aromatic carbocycles. The Morgan fingerprint density at radius 2 is 1.44 bits per heavy atom. The third-order valence-corrected chi connectivity index (χ3v) is 12.6. The fourth-order valence-electron chi connectivity index (χ4n) is 10.0. The maximum atomic E-state index is 2.75. The van der Waals surface area contributed by atoms with Crippen molar-refractivity contribution in [2.75, 3.05) is 11.4 Å². The predicted octanol–water partition coefficient (Wildman–Crippen LogP) is 13.1. The Kier molecular flexibility index (Phi) is 7.66. The zero-order chi connectivity index (χ0) is 36.6. The highest BCUT2D eigenvalue weighted by molar-refractivity contribution is 5.92. The maximum Gasteiger partial charge on any atom is 0.0630 e. The Labute approximate surface area is 319 Å². The summed E-state index contributed by atoms with van der Waals surface area (Å²) in [6, 6.07) is 54.6. The molecule has 3 unspecified atom stereocenters. The monoisotopic (exact) mass is 698 g/mol. The minimum atomic E-state index is 0.00631. The normalized spacial score (nSPS) is 19.1. The number of aromatic nitrogens is 1. The average Bonchev–Trinajstić information content (AvgIpc) is 3.66. The second-order valence-corrected chi connectivity index (χ2v) is 16.2. The van der Waals surface area contributed by atoms with Gasteiger partial charge in [-0.05, 0) is 112 Å². The molecular formula is C52H46N2. The first-order valence-electron chi connectivity index (χ1n) is 19.6. The molecule has 3 aliphatic carbocycles. The Balaban J connectivity index is 1.08. The maximum absolute atomic E-state index is 2.75. The second kappa shape index (κ2) is 12.6. The highest BCUT2D eigenvalue weighted by Gasteiger charge is 2.38. The number of fused-ring (bicyclic) bond motifs is 7. The van der Waals surface area contributed by atoms with Gasteiger partial charge in [0.1, 0.15) is 0 Å². The van der Waals surface area contributed by atoms with Gasteiger partial charge in [-0.25, -0.2) is 0 Å². The lowest BCUT2D eigenvalue weighted by Gasteiger charge is -2.42. The van der Waals surface area contributed by atoms with Crippen LogP contribution in [-0.4, -0.2) is 11.1 Å². The quantitative estimate of drug-likeness (QED) is 0.168. The molecule has 0 bridgehead atoms. The van der Waals surface area contributed by atoms with Gasteiger partial charge in [0.25, 0.3) is 0 Å². The van der Waals surface area contributed by atoms with Gasteiger partial charge in [-0.2, -0.15) is 0 Å². The topological polar surface area (TPSA) is 8.17 Å². The molecule has 10 rings (SSSR count). The summed E-state index contributed by atoms with van der Waals surface area (Å²) in [7, 11) is 0. The number of hydrogen-bond donors (Lipinski definition) is 0. The summed E-state index contributed by atoms with van der Waals surface area (Å²) >= 11 is 0. The molecule has 0 amide bonds. The van der Waals surface area contributed by atoms with Crippen LogP contribution in [0.3, 0.4) is 0 Å². The molecule has 7 aromatic rings. The number of para-hydroxylation sites is 2. The van der Waals surface area contributed by atoms with Crippen molar-refractivity contribution >= 4 is 28.2 Å². The van der Waals surface area contributed by atoms with E-state index in [4.69, 9.17) is 0 Å². The van der Waals surface area contributed by atoms with Crippen molar-refractivity contribution in [3.63, 3.8) is 0 Å². The fourth-order valence-corrected chi connectivity index (χ4v) is 10.0. The van der Waals surface area contributed by atoms with Gasteiger partial charge in [0, 0.05) is 40.2 Å². The van der Waals surface area contributed by atoms with Crippen LogP contribution in [0.1, 0.15) is 83.8 Å². The Hall–Kier alpha value is -5.86. The minimum Gasteiger partial charge on any atom is -0.363 e. The smallest absolute Gasteiger partial charge is 0.0630 e. The molecule has 0 N–H and O–H groups in total. The summed E-state index contributed by atoms with van der Waals surface area (Å²) in [6.45, 7) is 10.3. The van der Waals surface area contributed by atoms with E-state index in [0.717, 1.165) is 13.0 Å². The molecule has 1 heterocycles. The molecule has 0 saturated heterocycles. The van der Waals surface area contributed by atoms with Crippen LogP contribution in [0.25, 0.3) is 39.4 Å². The first-order chi connectivity index (χ1) is 26.4.